The number of amides is 1. The van der Waals surface area contributed by atoms with E-state index in [4.69, 9.17) is 5.73 Å². The van der Waals surface area contributed by atoms with Crippen LogP contribution in [0.3, 0.4) is 0 Å². The van der Waals surface area contributed by atoms with Crippen LogP contribution in [-0.4, -0.2) is 37.6 Å². The number of carbonyl (C=O) groups is 1. The third-order valence-corrected chi connectivity index (χ3v) is 7.96. The number of pyridine rings is 1. The topological polar surface area (TPSA) is 138 Å². The second-order valence-electron chi connectivity index (χ2n) is 7.86. The molecule has 1 aliphatic heterocycles. The SMILES string of the molecule is Cc1cc(S(=O)(=O)C2CCNCC2)cc2c(Nc3cccc(C#N)c3)c(C(N)=O)cnc12. The Labute approximate surface area is 186 Å². The van der Waals surface area contributed by atoms with Gasteiger partial charge in [-0.3, -0.25) is 9.78 Å². The van der Waals surface area contributed by atoms with Crippen LogP contribution in [0.4, 0.5) is 11.4 Å². The predicted molar refractivity (Wildman–Crippen MR) is 123 cm³/mol. The van der Waals surface area contributed by atoms with Crippen LogP contribution in [0.2, 0.25) is 0 Å². The van der Waals surface area contributed by atoms with Gasteiger partial charge in [0, 0.05) is 17.3 Å². The lowest BCUT2D eigenvalue weighted by molar-refractivity contribution is 0.100. The van der Waals surface area contributed by atoms with E-state index >= 15 is 0 Å². The van der Waals surface area contributed by atoms with Crippen molar-refractivity contribution in [2.75, 3.05) is 18.4 Å². The van der Waals surface area contributed by atoms with E-state index in [-0.39, 0.29) is 10.5 Å². The van der Waals surface area contributed by atoms with Gasteiger partial charge in [0.1, 0.15) is 0 Å². The molecule has 9 heteroatoms. The fraction of sp³-hybridized carbons (Fsp3) is 0.261. The molecule has 164 valence electrons. The Kier molecular flexibility index (Phi) is 5.82. The number of rotatable bonds is 5. The van der Waals surface area contributed by atoms with Crippen LogP contribution < -0.4 is 16.4 Å². The van der Waals surface area contributed by atoms with Gasteiger partial charge < -0.3 is 16.4 Å². The van der Waals surface area contributed by atoms with Crippen LogP contribution in [0.15, 0.2) is 47.5 Å². The fourth-order valence-corrected chi connectivity index (χ4v) is 5.91. The maximum absolute atomic E-state index is 13.4. The molecule has 32 heavy (non-hydrogen) atoms. The van der Waals surface area contributed by atoms with Gasteiger partial charge >= 0.3 is 0 Å². The quantitative estimate of drug-likeness (QED) is 0.544. The largest absolute Gasteiger partial charge is 0.365 e. The first kappa shape index (κ1) is 21.7. The van der Waals surface area contributed by atoms with E-state index in [0.717, 1.165) is 0 Å². The summed E-state index contributed by atoms with van der Waals surface area (Å²) in [6.45, 7) is 3.11. The van der Waals surface area contributed by atoms with Gasteiger partial charge in [0.05, 0.1) is 38.5 Å². The summed E-state index contributed by atoms with van der Waals surface area (Å²) < 4.78 is 26.7. The van der Waals surface area contributed by atoms with Gasteiger partial charge in [0.15, 0.2) is 9.84 Å². The molecule has 0 unspecified atom stereocenters. The van der Waals surface area contributed by atoms with E-state index in [1.807, 2.05) is 0 Å². The van der Waals surface area contributed by atoms with Crippen molar-refractivity contribution < 1.29 is 13.2 Å². The number of anilines is 2. The number of benzene rings is 2. The number of hydrogen-bond donors (Lipinski definition) is 3. The van der Waals surface area contributed by atoms with Crippen molar-refractivity contribution >= 4 is 38.0 Å². The molecule has 3 aromatic rings. The Morgan fingerprint density at radius 2 is 2.00 bits per heavy atom. The molecule has 0 bridgehead atoms. The minimum absolute atomic E-state index is 0.135. The van der Waals surface area contributed by atoms with Crippen LogP contribution in [0.25, 0.3) is 10.9 Å². The summed E-state index contributed by atoms with van der Waals surface area (Å²) in [6, 6.07) is 12.0. The molecule has 0 radical (unpaired) electrons. The first-order chi connectivity index (χ1) is 15.3. The van der Waals surface area contributed by atoms with Gasteiger partial charge in [0.25, 0.3) is 5.91 Å². The van der Waals surface area contributed by atoms with Gasteiger partial charge in [-0.2, -0.15) is 5.26 Å². The van der Waals surface area contributed by atoms with Crippen LogP contribution >= 0.6 is 0 Å². The minimum atomic E-state index is -3.56. The summed E-state index contributed by atoms with van der Waals surface area (Å²) in [5.74, 6) is -0.692. The molecule has 0 atom stereocenters. The van der Waals surface area contributed by atoms with Crippen LogP contribution in [0, 0.1) is 18.3 Å². The highest BCUT2D eigenvalue weighted by Gasteiger charge is 2.30. The number of nitriles is 1. The number of nitrogens with zero attached hydrogens (tertiary/aromatic N) is 2. The first-order valence-electron chi connectivity index (χ1n) is 10.3. The third kappa shape index (κ3) is 4.02. The highest BCUT2D eigenvalue weighted by atomic mass is 32.2. The van der Waals surface area contributed by atoms with E-state index < -0.39 is 21.0 Å². The number of primary amides is 1. The van der Waals surface area contributed by atoms with E-state index in [1.54, 1.807) is 43.3 Å². The molecule has 0 aliphatic carbocycles. The number of sulfone groups is 1. The summed E-state index contributed by atoms with van der Waals surface area (Å²) in [5.41, 5.74) is 8.36. The van der Waals surface area contributed by atoms with Gasteiger partial charge in [-0.25, -0.2) is 8.42 Å². The molecule has 1 amide bonds. The molecule has 0 saturated carbocycles. The minimum Gasteiger partial charge on any atom is -0.365 e. The zero-order valence-corrected chi connectivity index (χ0v) is 18.4. The Morgan fingerprint density at radius 1 is 1.25 bits per heavy atom. The average Bonchev–Trinajstić information content (AvgIpc) is 2.79. The molecular weight excluding hydrogens is 426 g/mol. The molecule has 0 spiro atoms. The summed E-state index contributed by atoms with van der Waals surface area (Å²) in [4.78, 5) is 16.7. The van der Waals surface area contributed by atoms with E-state index in [9.17, 15) is 18.5 Å². The third-order valence-electron chi connectivity index (χ3n) is 5.72. The number of carbonyl (C=O) groups excluding carboxylic acids is 1. The summed E-state index contributed by atoms with van der Waals surface area (Å²) in [6.07, 6.45) is 2.48. The zero-order chi connectivity index (χ0) is 22.9. The van der Waals surface area contributed by atoms with Crippen molar-refractivity contribution in [3.63, 3.8) is 0 Å². The molecule has 2 aromatic carbocycles. The molecule has 1 aliphatic rings. The van der Waals surface area contributed by atoms with Gasteiger partial charge in [-0.15, -0.1) is 0 Å². The molecule has 2 heterocycles. The van der Waals surface area contributed by atoms with Crippen LogP contribution in [0.1, 0.15) is 34.3 Å². The Morgan fingerprint density at radius 3 is 2.69 bits per heavy atom. The van der Waals surface area contributed by atoms with Crippen molar-refractivity contribution in [1.29, 1.82) is 5.26 Å². The van der Waals surface area contributed by atoms with Crippen molar-refractivity contribution in [1.82, 2.24) is 10.3 Å². The van der Waals surface area contributed by atoms with Crippen molar-refractivity contribution in [3.05, 3.63) is 59.3 Å². The molecule has 8 nitrogen and oxygen atoms in total. The highest BCUT2D eigenvalue weighted by Crippen LogP contribution is 2.34. The van der Waals surface area contributed by atoms with Crippen molar-refractivity contribution in [3.8, 4) is 6.07 Å². The molecule has 4 rings (SSSR count). The zero-order valence-electron chi connectivity index (χ0n) is 17.6. The van der Waals surface area contributed by atoms with Gasteiger partial charge in [0.2, 0.25) is 0 Å². The first-order valence-corrected chi connectivity index (χ1v) is 11.8. The number of aromatic nitrogens is 1. The second kappa shape index (κ2) is 8.57. The number of hydrogen-bond acceptors (Lipinski definition) is 7. The van der Waals surface area contributed by atoms with E-state index in [0.29, 0.717) is 59.3 Å². The fourth-order valence-electron chi connectivity index (χ4n) is 4.04. The maximum atomic E-state index is 13.4. The van der Waals surface area contributed by atoms with Gasteiger partial charge in [-0.05, 0) is 68.8 Å². The molecule has 1 aromatic heterocycles. The van der Waals surface area contributed by atoms with E-state index in [1.165, 1.54) is 6.20 Å². The number of fused-ring (bicyclic) bond motifs is 1. The Bertz CT molecular complexity index is 1360. The van der Waals surface area contributed by atoms with Crippen molar-refractivity contribution in [2.45, 2.75) is 29.9 Å². The highest BCUT2D eigenvalue weighted by molar-refractivity contribution is 7.92. The van der Waals surface area contributed by atoms with Crippen LogP contribution in [0.5, 0.6) is 0 Å². The number of aryl methyl sites for hydroxylation is 1. The average molecular weight is 450 g/mol. The Balaban J connectivity index is 1.91. The second-order valence-corrected chi connectivity index (χ2v) is 10.1. The lowest BCUT2D eigenvalue weighted by Crippen LogP contribution is -2.35. The summed E-state index contributed by atoms with van der Waals surface area (Å²) >= 11 is 0. The molecule has 4 N–H and O–H groups in total. The monoisotopic (exact) mass is 449 g/mol. The Hall–Kier alpha value is -3.48. The van der Waals surface area contributed by atoms with Gasteiger partial charge in [-0.1, -0.05) is 6.07 Å². The molecular formula is C23H23N5O3S. The van der Waals surface area contributed by atoms with Crippen molar-refractivity contribution in [2.24, 2.45) is 5.73 Å². The predicted octanol–water partition coefficient (Wildman–Crippen LogP) is 2.78. The lowest BCUT2D eigenvalue weighted by atomic mass is 10.0. The number of nitrogens with one attached hydrogen (secondary N) is 2. The summed E-state index contributed by atoms with van der Waals surface area (Å²) in [5, 5.41) is 15.6. The van der Waals surface area contributed by atoms with Crippen LogP contribution in [-0.2, 0) is 9.84 Å². The molecule has 1 saturated heterocycles. The normalized spacial score (nSPS) is 14.8. The summed E-state index contributed by atoms with van der Waals surface area (Å²) in [7, 11) is -3.56. The number of piperidine rings is 1. The lowest BCUT2D eigenvalue weighted by Gasteiger charge is -2.23. The standard InChI is InChI=1S/C23H23N5O3S/c1-14-9-18(32(30,31)17-5-7-26-8-6-17)11-19-21(14)27-13-20(23(25)29)22(19)28-16-4-2-3-15(10-16)12-24/h2-4,9-11,13,17,26H,5-8H2,1H3,(H2,25,29)(H,27,28). The maximum Gasteiger partial charge on any atom is 0.252 e. The van der Waals surface area contributed by atoms with E-state index in [2.05, 4.69) is 21.7 Å². The smallest absolute Gasteiger partial charge is 0.252 e. The number of nitrogens with two attached hydrogens (primary N) is 1. The molecule has 1 fully saturated rings.